The summed E-state index contributed by atoms with van der Waals surface area (Å²) in [5.41, 5.74) is 15.5. The van der Waals surface area contributed by atoms with Crippen LogP contribution in [0.5, 0.6) is 0 Å². The van der Waals surface area contributed by atoms with E-state index in [2.05, 4.69) is 28.8 Å². The molecular weight excluding hydrogens is 515 g/mol. The van der Waals surface area contributed by atoms with Crippen LogP contribution in [0.4, 0.5) is 24.7 Å². The van der Waals surface area contributed by atoms with Gasteiger partial charge in [0.15, 0.2) is 0 Å². The molecule has 5 N–H and O–H groups in total. The Kier molecular flexibility index (Phi) is 18.0. The van der Waals surface area contributed by atoms with Crippen LogP contribution in [-0.4, -0.2) is 36.9 Å². The SMILES string of the molecule is C/C=C(\C=NC)c1ccnc(N)c1N.C=C(/C=C\C(=C/CCC)C(C(=O)NCC(F)(F)F)C1CC1)CCC.CC. The lowest BCUT2D eigenvalue weighted by Gasteiger charge is -2.19. The molecule has 0 bridgehead atoms. The molecule has 0 radical (unpaired) electrons. The van der Waals surface area contributed by atoms with E-state index in [-0.39, 0.29) is 5.92 Å². The van der Waals surface area contributed by atoms with Crippen molar-refractivity contribution in [1.29, 1.82) is 0 Å². The molecule has 1 fully saturated rings. The number of allylic oxidation sites excluding steroid dienone is 6. The van der Waals surface area contributed by atoms with Crippen molar-refractivity contribution in [2.75, 3.05) is 25.1 Å². The molecule has 6 nitrogen and oxygen atoms in total. The van der Waals surface area contributed by atoms with Crippen LogP contribution in [0, 0.1) is 11.8 Å². The van der Waals surface area contributed by atoms with Gasteiger partial charge in [0.2, 0.25) is 5.91 Å². The van der Waals surface area contributed by atoms with Crippen LogP contribution in [0.1, 0.15) is 78.7 Å². The Morgan fingerprint density at radius 1 is 1.23 bits per heavy atom. The van der Waals surface area contributed by atoms with Gasteiger partial charge in [-0.3, -0.25) is 9.79 Å². The molecule has 1 heterocycles. The number of amides is 1. The smallest absolute Gasteiger partial charge is 0.395 e. The number of aromatic nitrogens is 1. The summed E-state index contributed by atoms with van der Waals surface area (Å²) < 4.78 is 37.2. The van der Waals surface area contributed by atoms with Gasteiger partial charge in [0.1, 0.15) is 12.4 Å². The summed E-state index contributed by atoms with van der Waals surface area (Å²) in [5.74, 6) is -0.524. The van der Waals surface area contributed by atoms with E-state index in [1.165, 1.54) is 0 Å². The number of rotatable bonds is 12. The van der Waals surface area contributed by atoms with Crippen molar-refractivity contribution in [2.24, 2.45) is 16.8 Å². The van der Waals surface area contributed by atoms with Gasteiger partial charge < -0.3 is 16.8 Å². The summed E-state index contributed by atoms with van der Waals surface area (Å²) in [7, 11) is 1.71. The molecule has 0 saturated heterocycles. The molecule has 224 valence electrons. The third-order valence-corrected chi connectivity index (χ3v) is 5.86. The highest BCUT2D eigenvalue weighted by Crippen LogP contribution is 2.41. The molecular formula is C31H48F3N5O. The average molecular weight is 564 g/mol. The number of aliphatic imine (C=N–C) groups is 1. The van der Waals surface area contributed by atoms with Gasteiger partial charge in [-0.15, -0.1) is 0 Å². The number of nitrogens with one attached hydrogen (secondary N) is 1. The highest BCUT2D eigenvalue weighted by Gasteiger charge is 2.39. The van der Waals surface area contributed by atoms with Gasteiger partial charge >= 0.3 is 6.18 Å². The molecule has 2 rings (SSSR count). The maximum atomic E-state index is 12.4. The monoisotopic (exact) mass is 563 g/mol. The summed E-state index contributed by atoms with van der Waals surface area (Å²) in [6, 6.07) is 1.82. The van der Waals surface area contributed by atoms with Gasteiger partial charge in [-0.2, -0.15) is 13.2 Å². The normalized spacial score (nSPS) is 14.7. The first-order valence-corrected chi connectivity index (χ1v) is 14.0. The van der Waals surface area contributed by atoms with Crippen LogP contribution in [-0.2, 0) is 4.79 Å². The second-order valence-corrected chi connectivity index (χ2v) is 9.17. The van der Waals surface area contributed by atoms with Gasteiger partial charge in [-0.05, 0) is 55.7 Å². The highest BCUT2D eigenvalue weighted by molar-refractivity contribution is 6.12. The van der Waals surface area contributed by atoms with E-state index in [1.54, 1.807) is 19.5 Å². The van der Waals surface area contributed by atoms with E-state index in [1.807, 2.05) is 58.1 Å². The lowest BCUT2D eigenvalue weighted by atomic mass is 9.90. The third kappa shape index (κ3) is 14.1. The van der Waals surface area contributed by atoms with Crippen molar-refractivity contribution in [1.82, 2.24) is 10.3 Å². The molecule has 40 heavy (non-hydrogen) atoms. The van der Waals surface area contributed by atoms with Crippen LogP contribution >= 0.6 is 0 Å². The van der Waals surface area contributed by atoms with Crippen LogP contribution in [0.2, 0.25) is 0 Å². The third-order valence-electron chi connectivity index (χ3n) is 5.86. The molecule has 1 aliphatic carbocycles. The van der Waals surface area contributed by atoms with Crippen molar-refractivity contribution >= 4 is 29.2 Å². The minimum atomic E-state index is -4.39. The lowest BCUT2D eigenvalue weighted by Crippen LogP contribution is -2.38. The van der Waals surface area contributed by atoms with E-state index < -0.39 is 24.5 Å². The molecule has 1 aliphatic rings. The van der Waals surface area contributed by atoms with Gasteiger partial charge in [0, 0.05) is 25.0 Å². The van der Waals surface area contributed by atoms with Gasteiger partial charge in [-0.1, -0.05) is 77.0 Å². The first kappa shape index (κ1) is 36.6. The van der Waals surface area contributed by atoms with Crippen molar-refractivity contribution in [3.63, 3.8) is 0 Å². The van der Waals surface area contributed by atoms with Gasteiger partial charge in [0.05, 0.1) is 11.6 Å². The highest BCUT2D eigenvalue weighted by atomic mass is 19.4. The fourth-order valence-electron chi connectivity index (χ4n) is 3.77. The number of carbonyl (C=O) groups is 1. The number of alkyl halides is 3. The number of nitrogens with zero attached hydrogens (tertiary/aromatic N) is 2. The molecule has 9 heteroatoms. The molecule has 1 saturated carbocycles. The Hall–Kier alpha value is -3.36. The predicted octanol–water partition coefficient (Wildman–Crippen LogP) is 7.71. The minimum absolute atomic E-state index is 0.144. The number of anilines is 2. The number of unbranched alkanes of at least 4 members (excludes halogenated alkanes) is 1. The zero-order valence-electron chi connectivity index (χ0n) is 24.9. The molecule has 0 spiro atoms. The summed E-state index contributed by atoms with van der Waals surface area (Å²) in [4.78, 5) is 20.2. The van der Waals surface area contributed by atoms with Crippen LogP contribution in [0.15, 0.2) is 59.3 Å². The summed E-state index contributed by atoms with van der Waals surface area (Å²) in [5, 5.41) is 2.05. The summed E-state index contributed by atoms with van der Waals surface area (Å²) >= 11 is 0. The average Bonchev–Trinajstić information content (AvgIpc) is 3.76. The maximum Gasteiger partial charge on any atom is 0.405 e. The van der Waals surface area contributed by atoms with Crippen molar-refractivity contribution in [3.05, 3.63) is 59.9 Å². The molecule has 0 aromatic carbocycles. The predicted molar refractivity (Wildman–Crippen MR) is 164 cm³/mol. The Morgan fingerprint density at radius 2 is 1.88 bits per heavy atom. The second-order valence-electron chi connectivity index (χ2n) is 9.17. The molecule has 1 unspecified atom stereocenters. The van der Waals surface area contributed by atoms with Gasteiger partial charge in [-0.25, -0.2) is 4.98 Å². The Balaban J connectivity index is 0.000000805. The number of carbonyl (C=O) groups excluding carboxylic acids is 1. The Bertz CT molecular complexity index is 1040. The number of nitrogens with two attached hydrogens (primary N) is 2. The van der Waals surface area contributed by atoms with Crippen LogP contribution in [0.3, 0.4) is 0 Å². The molecule has 0 aliphatic heterocycles. The largest absolute Gasteiger partial charge is 0.405 e. The summed E-state index contributed by atoms with van der Waals surface area (Å²) in [6.45, 7) is 12.7. The number of halogens is 3. The van der Waals surface area contributed by atoms with E-state index in [0.29, 0.717) is 11.5 Å². The molecule has 1 aromatic rings. The van der Waals surface area contributed by atoms with Crippen LogP contribution in [0.25, 0.3) is 5.57 Å². The fraction of sp³-hybridized carbons (Fsp3) is 0.516. The first-order valence-electron chi connectivity index (χ1n) is 14.0. The van der Waals surface area contributed by atoms with Crippen LogP contribution < -0.4 is 16.8 Å². The number of hydrogen-bond acceptors (Lipinski definition) is 5. The van der Waals surface area contributed by atoms with Crippen molar-refractivity contribution in [2.45, 2.75) is 79.3 Å². The van der Waals surface area contributed by atoms with E-state index in [0.717, 1.165) is 60.8 Å². The zero-order valence-corrected chi connectivity index (χ0v) is 24.9. The maximum absolute atomic E-state index is 12.4. The lowest BCUT2D eigenvalue weighted by molar-refractivity contribution is -0.140. The van der Waals surface area contributed by atoms with E-state index in [4.69, 9.17) is 11.5 Å². The number of hydrogen-bond donors (Lipinski definition) is 3. The van der Waals surface area contributed by atoms with Crippen molar-refractivity contribution < 1.29 is 18.0 Å². The molecule has 1 atom stereocenters. The van der Waals surface area contributed by atoms with E-state index in [9.17, 15) is 18.0 Å². The standard InChI is InChI=1S/C19H28F3NO.C10H14N4.C2H6/c1-4-6-8-15(10-9-14(3)7-5-2)17(16-11-12-16)18(24)23-13-19(20,21)22;1-3-7(6-13-2)8-4-5-14-10(12)9(8)11;1-2/h8-10,16-17H,3-7,11-13H2,1-2H3,(H,23,24);3-6H,11H2,1-2H3,(H2,12,14);1-2H3/b10-9-,15-8+;7-3+,13-6?;. The summed E-state index contributed by atoms with van der Waals surface area (Å²) in [6.07, 6.45) is 12.0. The molecule has 1 amide bonds. The fourth-order valence-corrected chi connectivity index (χ4v) is 3.77. The zero-order chi connectivity index (χ0) is 30.7. The van der Waals surface area contributed by atoms with E-state index >= 15 is 0 Å². The molecule has 1 aromatic heterocycles. The Morgan fingerprint density at radius 3 is 2.38 bits per heavy atom. The second kappa shape index (κ2) is 19.7. The minimum Gasteiger partial charge on any atom is -0.395 e. The first-order chi connectivity index (χ1) is 19.0. The number of nitrogen functional groups attached to an aromatic ring is 2. The van der Waals surface area contributed by atoms with Crippen molar-refractivity contribution in [3.8, 4) is 0 Å². The number of pyridine rings is 1. The Labute approximate surface area is 238 Å². The quantitative estimate of drug-likeness (QED) is 0.179. The topological polar surface area (TPSA) is 106 Å². The van der Waals surface area contributed by atoms with Gasteiger partial charge in [0.25, 0.3) is 0 Å².